The van der Waals surface area contributed by atoms with Crippen LogP contribution in [0.4, 0.5) is 10.5 Å². The third kappa shape index (κ3) is 6.38. The Kier molecular flexibility index (Phi) is 8.49. The number of ether oxygens (including phenoxy) is 3. The zero-order valence-corrected chi connectivity index (χ0v) is 21.4. The molecule has 1 amide bonds. The summed E-state index contributed by atoms with van der Waals surface area (Å²) in [4.78, 5) is 20.7. The molecule has 6 heterocycles. The highest BCUT2D eigenvalue weighted by molar-refractivity contribution is 5.79. The Balaban J connectivity index is 0.000000265. The number of amides is 1. The molecular weight excluding hydrogens is 472 g/mol. The normalized spacial score (nSPS) is 20.2. The lowest BCUT2D eigenvalue weighted by atomic mass is 10.1. The number of hydrogen-bond acceptors (Lipinski definition) is 8. The summed E-state index contributed by atoms with van der Waals surface area (Å²) >= 11 is 0. The first-order chi connectivity index (χ1) is 18.2. The highest BCUT2D eigenvalue weighted by Gasteiger charge is 2.28. The number of piperazine rings is 1. The molecule has 3 aromatic heterocycles. The number of pyridine rings is 1. The molecule has 0 aliphatic carbocycles. The zero-order valence-electron chi connectivity index (χ0n) is 21.4. The highest BCUT2D eigenvalue weighted by Crippen LogP contribution is 2.28. The van der Waals surface area contributed by atoms with Gasteiger partial charge in [-0.25, -0.2) is 9.31 Å². The molecule has 0 spiro atoms. The van der Waals surface area contributed by atoms with Gasteiger partial charge in [0.25, 0.3) is 0 Å². The van der Waals surface area contributed by atoms with Gasteiger partial charge in [0, 0.05) is 63.5 Å². The van der Waals surface area contributed by atoms with Gasteiger partial charge < -0.3 is 29.3 Å². The average molecular weight is 509 g/mol. The van der Waals surface area contributed by atoms with Crippen LogP contribution in [0.5, 0.6) is 0 Å². The number of rotatable bonds is 5. The Bertz CT molecular complexity index is 1140. The van der Waals surface area contributed by atoms with Gasteiger partial charge in [-0.15, -0.1) is 0 Å². The first-order valence-corrected chi connectivity index (χ1v) is 13.2. The first kappa shape index (κ1) is 25.4. The minimum Gasteiger partial charge on any atom is -0.441 e. The summed E-state index contributed by atoms with van der Waals surface area (Å²) in [6, 6.07) is 10.0. The third-order valence-corrected chi connectivity index (χ3v) is 6.85. The van der Waals surface area contributed by atoms with E-state index in [4.69, 9.17) is 14.2 Å². The second-order valence-corrected chi connectivity index (χ2v) is 9.43. The summed E-state index contributed by atoms with van der Waals surface area (Å²) in [5.74, 6) is 0. The molecular formula is C27H36N6O4. The molecule has 3 aromatic rings. The van der Waals surface area contributed by atoms with E-state index in [1.54, 1.807) is 11.1 Å². The summed E-state index contributed by atoms with van der Waals surface area (Å²) in [5, 5.41) is 7.74. The van der Waals surface area contributed by atoms with Crippen molar-refractivity contribution in [2.24, 2.45) is 0 Å². The molecule has 0 bridgehead atoms. The van der Waals surface area contributed by atoms with Crippen molar-refractivity contribution < 1.29 is 19.0 Å². The molecule has 1 atom stereocenters. The van der Waals surface area contributed by atoms with Crippen LogP contribution >= 0.6 is 0 Å². The monoisotopic (exact) mass is 508 g/mol. The van der Waals surface area contributed by atoms with Gasteiger partial charge in [-0.3, -0.25) is 4.98 Å². The standard InChI is InChI=1S/C20H21N5O3.C7H15NO/c26-20(28-16-13-27-14-16)24-9-7-23(8-10-24)18-4-6-22-25-12-15(11-19(18)25)17-3-1-2-5-21-17;1-2-9-7-4-3-5-8-6-7/h1-6,11-12,16H,7-10,13-14H2;7-8H,2-6H2,1H3. The van der Waals surface area contributed by atoms with E-state index in [2.05, 4.69) is 33.3 Å². The SMILES string of the molecule is CCOC1CCCNC1.O=C(OC1COC1)N1CCN(c2ccnn3cc(-c4ccccn4)cc23)CC1. The minimum atomic E-state index is -0.243. The Hall–Kier alpha value is -3.21. The Labute approximate surface area is 217 Å². The van der Waals surface area contributed by atoms with E-state index in [1.807, 2.05) is 41.2 Å². The molecule has 3 aliphatic heterocycles. The van der Waals surface area contributed by atoms with Crippen LogP contribution in [0.2, 0.25) is 0 Å². The quantitative estimate of drug-likeness (QED) is 0.563. The van der Waals surface area contributed by atoms with Gasteiger partial charge in [0.15, 0.2) is 6.10 Å². The van der Waals surface area contributed by atoms with Gasteiger partial charge in [-0.2, -0.15) is 5.10 Å². The smallest absolute Gasteiger partial charge is 0.410 e. The summed E-state index contributed by atoms with van der Waals surface area (Å²) in [5.41, 5.74) is 4.10. The number of piperidine rings is 1. The topological polar surface area (TPSA) is 93.5 Å². The molecule has 0 saturated carbocycles. The van der Waals surface area contributed by atoms with Crippen molar-refractivity contribution in [1.82, 2.24) is 24.8 Å². The van der Waals surface area contributed by atoms with Crippen molar-refractivity contribution in [1.29, 1.82) is 0 Å². The van der Waals surface area contributed by atoms with Crippen LogP contribution in [0.25, 0.3) is 16.8 Å². The third-order valence-electron chi connectivity index (χ3n) is 6.85. The van der Waals surface area contributed by atoms with Gasteiger partial charge in [0.1, 0.15) is 0 Å². The number of carbonyl (C=O) groups excluding carboxylic acids is 1. The van der Waals surface area contributed by atoms with Gasteiger partial charge >= 0.3 is 6.09 Å². The summed E-state index contributed by atoms with van der Waals surface area (Å²) in [6.07, 6.45) is 8.26. The van der Waals surface area contributed by atoms with E-state index in [-0.39, 0.29) is 12.2 Å². The number of aromatic nitrogens is 3. The maximum absolute atomic E-state index is 12.2. The molecule has 0 radical (unpaired) electrons. The number of nitrogens with one attached hydrogen (secondary N) is 1. The average Bonchev–Trinajstić information content (AvgIpc) is 3.37. The molecule has 3 fully saturated rings. The Morgan fingerprint density at radius 2 is 2.00 bits per heavy atom. The van der Waals surface area contributed by atoms with Crippen LogP contribution in [0, 0.1) is 0 Å². The van der Waals surface area contributed by atoms with E-state index < -0.39 is 0 Å². The van der Waals surface area contributed by atoms with Crippen molar-refractivity contribution in [2.45, 2.75) is 32.0 Å². The van der Waals surface area contributed by atoms with Crippen LogP contribution in [-0.2, 0) is 14.2 Å². The van der Waals surface area contributed by atoms with Crippen LogP contribution in [-0.4, -0.2) is 96.9 Å². The first-order valence-electron chi connectivity index (χ1n) is 13.2. The van der Waals surface area contributed by atoms with Crippen LogP contribution < -0.4 is 10.2 Å². The molecule has 6 rings (SSSR count). The minimum absolute atomic E-state index is 0.0870. The number of nitrogens with zero attached hydrogens (tertiary/aromatic N) is 5. The fraction of sp³-hybridized carbons (Fsp3) is 0.519. The predicted molar refractivity (Wildman–Crippen MR) is 141 cm³/mol. The lowest BCUT2D eigenvalue weighted by molar-refractivity contribution is -0.104. The molecule has 0 aromatic carbocycles. The molecule has 3 aliphatic rings. The second kappa shape index (κ2) is 12.4. The second-order valence-electron chi connectivity index (χ2n) is 9.43. The fourth-order valence-corrected chi connectivity index (χ4v) is 4.77. The molecule has 3 saturated heterocycles. The number of anilines is 1. The predicted octanol–water partition coefficient (Wildman–Crippen LogP) is 2.83. The van der Waals surface area contributed by atoms with Gasteiger partial charge in [-0.1, -0.05) is 6.07 Å². The van der Waals surface area contributed by atoms with Gasteiger partial charge in [-0.05, 0) is 50.6 Å². The summed E-state index contributed by atoms with van der Waals surface area (Å²) < 4.78 is 17.8. The van der Waals surface area contributed by atoms with E-state index in [0.29, 0.717) is 32.4 Å². The van der Waals surface area contributed by atoms with Crippen molar-refractivity contribution >= 4 is 17.3 Å². The maximum atomic E-state index is 12.2. The lowest BCUT2D eigenvalue weighted by Crippen LogP contribution is -2.51. The largest absolute Gasteiger partial charge is 0.441 e. The summed E-state index contributed by atoms with van der Waals surface area (Å²) in [6.45, 7) is 8.91. The number of fused-ring (bicyclic) bond motifs is 1. The fourth-order valence-electron chi connectivity index (χ4n) is 4.77. The van der Waals surface area contributed by atoms with Gasteiger partial charge in [0.05, 0.1) is 36.2 Å². The van der Waals surface area contributed by atoms with Crippen LogP contribution in [0.15, 0.2) is 48.9 Å². The van der Waals surface area contributed by atoms with Crippen molar-refractivity contribution in [2.75, 3.05) is 64.0 Å². The van der Waals surface area contributed by atoms with E-state index >= 15 is 0 Å². The van der Waals surface area contributed by atoms with Crippen LogP contribution in [0.3, 0.4) is 0 Å². The van der Waals surface area contributed by atoms with Gasteiger partial charge in [0.2, 0.25) is 0 Å². The van der Waals surface area contributed by atoms with Crippen LogP contribution in [0.1, 0.15) is 19.8 Å². The van der Waals surface area contributed by atoms with E-state index in [1.165, 1.54) is 19.4 Å². The molecule has 198 valence electrons. The molecule has 1 N–H and O–H groups in total. The molecule has 1 unspecified atom stereocenters. The van der Waals surface area contributed by atoms with Crippen molar-refractivity contribution in [3.05, 3.63) is 48.9 Å². The molecule has 10 nitrogen and oxygen atoms in total. The summed E-state index contributed by atoms with van der Waals surface area (Å²) in [7, 11) is 0. The Morgan fingerprint density at radius 3 is 2.68 bits per heavy atom. The Morgan fingerprint density at radius 1 is 1.14 bits per heavy atom. The van der Waals surface area contributed by atoms with E-state index in [9.17, 15) is 4.79 Å². The molecule has 10 heteroatoms. The van der Waals surface area contributed by atoms with Crippen molar-refractivity contribution in [3.63, 3.8) is 0 Å². The number of hydrogen-bond donors (Lipinski definition) is 1. The zero-order chi connectivity index (χ0) is 25.5. The van der Waals surface area contributed by atoms with E-state index in [0.717, 1.165) is 48.7 Å². The molecule has 37 heavy (non-hydrogen) atoms. The number of carbonyl (C=O) groups is 1. The van der Waals surface area contributed by atoms with Crippen molar-refractivity contribution in [3.8, 4) is 11.3 Å². The highest BCUT2D eigenvalue weighted by atomic mass is 16.6. The maximum Gasteiger partial charge on any atom is 0.410 e. The lowest BCUT2D eigenvalue weighted by Gasteiger charge is -2.37.